The number of aromatic amines is 1. The van der Waals surface area contributed by atoms with Crippen molar-refractivity contribution in [2.24, 2.45) is 0 Å². The number of hydrogen-bond acceptors (Lipinski definition) is 3. The molecular weight excluding hydrogens is 405 g/mol. The zero-order valence-corrected chi connectivity index (χ0v) is 16.6. The van der Waals surface area contributed by atoms with Crippen LogP contribution in [0.1, 0.15) is 15.9 Å². The topological polar surface area (TPSA) is 58.2 Å². The molecule has 2 aromatic heterocycles. The van der Waals surface area contributed by atoms with Gasteiger partial charge in [0.1, 0.15) is 23.8 Å². The third-order valence-corrected chi connectivity index (χ3v) is 5.50. The number of H-pyrrole nitrogens is 1. The Morgan fingerprint density at radius 1 is 1.13 bits per heavy atom. The number of pyridine rings is 1. The summed E-state index contributed by atoms with van der Waals surface area (Å²) in [5.41, 5.74) is 3.97. The summed E-state index contributed by atoms with van der Waals surface area (Å²) in [6.45, 7) is 1.12. The molecule has 0 aliphatic carbocycles. The number of carbonyl (C=O) groups excluding carboxylic acids is 1. The Balaban J connectivity index is 1.44. The van der Waals surface area contributed by atoms with E-state index >= 15 is 0 Å². The Bertz CT molecular complexity index is 1270. The van der Waals surface area contributed by atoms with Crippen LogP contribution in [-0.4, -0.2) is 33.9 Å². The summed E-state index contributed by atoms with van der Waals surface area (Å²) in [6, 6.07) is 14.1. The quantitative estimate of drug-likeness (QED) is 0.503. The summed E-state index contributed by atoms with van der Waals surface area (Å²) in [5.74, 6) is -0.0591. The summed E-state index contributed by atoms with van der Waals surface area (Å²) >= 11 is 5.88. The van der Waals surface area contributed by atoms with E-state index in [4.69, 9.17) is 16.3 Å². The molecule has 1 N–H and O–H groups in total. The van der Waals surface area contributed by atoms with E-state index in [-0.39, 0.29) is 10.9 Å². The molecule has 1 amide bonds. The third kappa shape index (κ3) is 3.39. The molecule has 30 heavy (non-hydrogen) atoms. The molecule has 2 aromatic carbocycles. The SMILES string of the molecule is O=C1c2ccc(-c3cnc4[nH]ccc4c3)cc2OCCN1Cc1ccc(F)c(Cl)c1. The molecule has 0 saturated carbocycles. The Morgan fingerprint density at radius 2 is 2.03 bits per heavy atom. The van der Waals surface area contributed by atoms with Gasteiger partial charge >= 0.3 is 0 Å². The largest absolute Gasteiger partial charge is 0.491 e. The summed E-state index contributed by atoms with van der Waals surface area (Å²) < 4.78 is 19.3. The lowest BCUT2D eigenvalue weighted by Crippen LogP contribution is -2.31. The predicted octanol–water partition coefficient (Wildman–Crippen LogP) is 5.06. The molecule has 1 aliphatic rings. The monoisotopic (exact) mass is 421 g/mol. The number of benzene rings is 2. The van der Waals surface area contributed by atoms with E-state index in [0.717, 1.165) is 27.7 Å². The Kier molecular flexibility index (Phi) is 4.64. The molecule has 0 spiro atoms. The van der Waals surface area contributed by atoms with Crippen molar-refractivity contribution in [2.75, 3.05) is 13.2 Å². The lowest BCUT2D eigenvalue weighted by molar-refractivity contribution is 0.0743. The molecule has 7 heteroatoms. The molecule has 0 fully saturated rings. The van der Waals surface area contributed by atoms with Crippen LogP contribution in [-0.2, 0) is 6.54 Å². The Morgan fingerprint density at radius 3 is 2.90 bits per heavy atom. The van der Waals surface area contributed by atoms with Crippen LogP contribution in [0, 0.1) is 5.82 Å². The van der Waals surface area contributed by atoms with Gasteiger partial charge in [-0.05, 0) is 47.5 Å². The number of nitrogens with one attached hydrogen (secondary N) is 1. The molecule has 5 rings (SSSR count). The first-order chi connectivity index (χ1) is 14.6. The summed E-state index contributed by atoms with van der Waals surface area (Å²) in [6.07, 6.45) is 3.65. The van der Waals surface area contributed by atoms with Crippen LogP contribution in [0.2, 0.25) is 5.02 Å². The minimum atomic E-state index is -0.476. The fraction of sp³-hybridized carbons (Fsp3) is 0.130. The Labute approximate surface area is 177 Å². The van der Waals surface area contributed by atoms with Crippen LogP contribution in [0.25, 0.3) is 22.2 Å². The van der Waals surface area contributed by atoms with Gasteiger partial charge in [0.15, 0.2) is 0 Å². The van der Waals surface area contributed by atoms with Crippen LogP contribution in [0.3, 0.4) is 0 Å². The van der Waals surface area contributed by atoms with Crippen molar-refractivity contribution in [3.8, 4) is 16.9 Å². The van der Waals surface area contributed by atoms with Crippen molar-refractivity contribution >= 4 is 28.5 Å². The maximum absolute atomic E-state index is 13.4. The first kappa shape index (κ1) is 18.6. The first-order valence-electron chi connectivity index (χ1n) is 9.52. The molecule has 3 heterocycles. The maximum Gasteiger partial charge on any atom is 0.258 e. The zero-order valence-electron chi connectivity index (χ0n) is 15.9. The van der Waals surface area contributed by atoms with E-state index in [9.17, 15) is 9.18 Å². The average molecular weight is 422 g/mol. The number of nitrogens with zero attached hydrogens (tertiary/aromatic N) is 2. The van der Waals surface area contributed by atoms with Crippen molar-refractivity contribution in [1.82, 2.24) is 14.9 Å². The number of fused-ring (bicyclic) bond motifs is 2. The Hall–Kier alpha value is -3.38. The summed E-state index contributed by atoms with van der Waals surface area (Å²) in [7, 11) is 0. The minimum absolute atomic E-state index is 0.0454. The number of aromatic nitrogens is 2. The molecule has 1 aliphatic heterocycles. The highest BCUT2D eigenvalue weighted by Crippen LogP contribution is 2.31. The van der Waals surface area contributed by atoms with E-state index in [1.165, 1.54) is 6.07 Å². The smallest absolute Gasteiger partial charge is 0.258 e. The number of amides is 1. The molecule has 0 unspecified atom stereocenters. The van der Waals surface area contributed by atoms with E-state index < -0.39 is 5.82 Å². The third-order valence-electron chi connectivity index (χ3n) is 5.21. The molecule has 4 aromatic rings. The molecular formula is C23H17ClFN3O2. The number of rotatable bonds is 3. The highest BCUT2D eigenvalue weighted by molar-refractivity contribution is 6.30. The predicted molar refractivity (Wildman–Crippen MR) is 113 cm³/mol. The van der Waals surface area contributed by atoms with Gasteiger partial charge in [-0.15, -0.1) is 0 Å². The second-order valence-electron chi connectivity index (χ2n) is 7.17. The van der Waals surface area contributed by atoms with Gasteiger partial charge in [0.05, 0.1) is 17.1 Å². The second-order valence-corrected chi connectivity index (χ2v) is 7.58. The van der Waals surface area contributed by atoms with Crippen LogP contribution in [0.5, 0.6) is 5.75 Å². The number of hydrogen-bond donors (Lipinski definition) is 1. The van der Waals surface area contributed by atoms with Crippen LogP contribution >= 0.6 is 11.6 Å². The van der Waals surface area contributed by atoms with Crippen molar-refractivity contribution < 1.29 is 13.9 Å². The van der Waals surface area contributed by atoms with Crippen molar-refractivity contribution in [2.45, 2.75) is 6.54 Å². The van der Waals surface area contributed by atoms with Crippen LogP contribution in [0.15, 0.2) is 60.9 Å². The van der Waals surface area contributed by atoms with E-state index in [2.05, 4.69) is 9.97 Å². The second kappa shape index (κ2) is 7.46. The lowest BCUT2D eigenvalue weighted by atomic mass is 10.0. The maximum atomic E-state index is 13.4. The average Bonchev–Trinajstić information content (AvgIpc) is 3.17. The van der Waals surface area contributed by atoms with Gasteiger partial charge in [-0.2, -0.15) is 0 Å². The normalized spacial score (nSPS) is 13.8. The van der Waals surface area contributed by atoms with Gasteiger partial charge in [0, 0.05) is 29.9 Å². The number of ether oxygens (including phenoxy) is 1. The zero-order chi connectivity index (χ0) is 20.7. The van der Waals surface area contributed by atoms with Gasteiger partial charge in [0.2, 0.25) is 0 Å². The minimum Gasteiger partial charge on any atom is -0.491 e. The molecule has 0 saturated heterocycles. The van der Waals surface area contributed by atoms with Crippen LogP contribution < -0.4 is 4.74 Å². The number of halogens is 2. The molecule has 5 nitrogen and oxygen atoms in total. The van der Waals surface area contributed by atoms with Crippen LogP contribution in [0.4, 0.5) is 4.39 Å². The van der Waals surface area contributed by atoms with Crippen molar-refractivity contribution in [1.29, 1.82) is 0 Å². The molecule has 0 bridgehead atoms. The fourth-order valence-electron chi connectivity index (χ4n) is 3.64. The van der Waals surface area contributed by atoms with E-state index in [1.54, 1.807) is 29.3 Å². The van der Waals surface area contributed by atoms with Gasteiger partial charge in [-0.3, -0.25) is 4.79 Å². The van der Waals surface area contributed by atoms with Gasteiger partial charge in [0.25, 0.3) is 5.91 Å². The first-order valence-corrected chi connectivity index (χ1v) is 9.90. The highest BCUT2D eigenvalue weighted by atomic mass is 35.5. The fourth-order valence-corrected chi connectivity index (χ4v) is 3.85. The lowest BCUT2D eigenvalue weighted by Gasteiger charge is -2.20. The van der Waals surface area contributed by atoms with Gasteiger partial charge in [-0.1, -0.05) is 23.7 Å². The van der Waals surface area contributed by atoms with Crippen molar-refractivity contribution in [3.63, 3.8) is 0 Å². The van der Waals surface area contributed by atoms with Gasteiger partial charge < -0.3 is 14.6 Å². The van der Waals surface area contributed by atoms with E-state index in [0.29, 0.717) is 31.0 Å². The number of carbonyl (C=O) groups is 1. The summed E-state index contributed by atoms with van der Waals surface area (Å²) in [5, 5.41) is 1.06. The molecule has 0 atom stereocenters. The molecule has 150 valence electrons. The molecule has 0 radical (unpaired) electrons. The van der Waals surface area contributed by atoms with E-state index in [1.807, 2.05) is 30.5 Å². The highest BCUT2D eigenvalue weighted by Gasteiger charge is 2.24. The summed E-state index contributed by atoms with van der Waals surface area (Å²) in [4.78, 5) is 22.3. The van der Waals surface area contributed by atoms with Gasteiger partial charge in [-0.25, -0.2) is 9.37 Å². The van der Waals surface area contributed by atoms with Crippen molar-refractivity contribution in [3.05, 3.63) is 82.9 Å². The standard InChI is InChI=1S/C23H17ClFN3O2/c24-19-9-14(1-4-20(19)25)13-28-7-8-30-21-11-15(2-3-18(21)23(28)29)17-10-16-5-6-26-22(16)27-12-17/h1-6,9-12H,7-8,13H2,(H,26,27).